The molecule has 2 aliphatic carbocycles. The van der Waals surface area contributed by atoms with Gasteiger partial charge in [-0.2, -0.15) is 0 Å². The molecular formula is C38H44N2O2+2. The molecule has 1 aromatic carbocycles. The van der Waals surface area contributed by atoms with Crippen LogP contribution in [0, 0.1) is 12.3 Å². The molecule has 0 spiro atoms. The fourth-order valence-corrected chi connectivity index (χ4v) is 6.19. The predicted octanol–water partition coefficient (Wildman–Crippen LogP) is 7.30. The first-order valence-electron chi connectivity index (χ1n) is 15.0. The van der Waals surface area contributed by atoms with Gasteiger partial charge in [0, 0.05) is 29.7 Å². The average Bonchev–Trinajstić information content (AvgIpc) is 2.91. The highest BCUT2D eigenvalue weighted by atomic mass is 17.2. The third kappa shape index (κ3) is 4.53. The summed E-state index contributed by atoms with van der Waals surface area (Å²) in [5.41, 5.74) is 10.2. The molecule has 4 heterocycles. The standard InChI is InChI=1S/C38H44N2O2/c1-25-28-19-29(35(2,3)4)21-31(25)32(26-11-15-39(9)16-12-26)22-30-23-38(36(5,6)7)24-34(37(30,8)41-42-38)33(20-28)27-13-17-40(10)18-14-27/h11-24H,1-10H3/q+2/b32-22-,33-20-/t37?,38-/m1/s1. The Morgan fingerprint density at radius 1 is 0.714 bits per heavy atom. The highest BCUT2D eigenvalue weighted by molar-refractivity contribution is 5.97. The fraction of sp³-hybridized carbons (Fsp3) is 0.368. The van der Waals surface area contributed by atoms with Gasteiger partial charge in [0.2, 0.25) is 0 Å². The van der Waals surface area contributed by atoms with Gasteiger partial charge in [-0.25, -0.2) is 18.9 Å². The van der Waals surface area contributed by atoms with Crippen LogP contribution in [0.4, 0.5) is 0 Å². The molecule has 2 atom stereocenters. The summed E-state index contributed by atoms with van der Waals surface area (Å²) < 4.78 is 4.16. The minimum absolute atomic E-state index is 0.0171. The molecule has 1 unspecified atom stereocenters. The van der Waals surface area contributed by atoms with E-state index in [-0.39, 0.29) is 10.8 Å². The van der Waals surface area contributed by atoms with E-state index in [4.69, 9.17) is 9.78 Å². The molecule has 0 N–H and O–H groups in total. The Kier molecular flexibility index (Phi) is 6.42. The van der Waals surface area contributed by atoms with Gasteiger partial charge in [0.05, 0.1) is 0 Å². The van der Waals surface area contributed by atoms with Crippen molar-refractivity contribution < 1.29 is 18.9 Å². The quantitative estimate of drug-likeness (QED) is 0.243. The molecular weight excluding hydrogens is 516 g/mol. The molecule has 0 amide bonds. The van der Waals surface area contributed by atoms with Crippen LogP contribution in [0.25, 0.3) is 17.2 Å². The van der Waals surface area contributed by atoms with Crippen molar-refractivity contribution >= 4 is 17.2 Å². The van der Waals surface area contributed by atoms with Crippen molar-refractivity contribution in [1.82, 2.24) is 0 Å². The van der Waals surface area contributed by atoms with E-state index in [1.165, 1.54) is 33.4 Å². The zero-order valence-corrected chi connectivity index (χ0v) is 26.8. The molecule has 0 saturated carbocycles. The first-order valence-corrected chi connectivity index (χ1v) is 15.0. The van der Waals surface area contributed by atoms with Crippen molar-refractivity contribution in [3.05, 3.63) is 124 Å². The van der Waals surface area contributed by atoms with E-state index in [0.29, 0.717) is 0 Å². The summed E-state index contributed by atoms with van der Waals surface area (Å²) in [4.78, 5) is 12.8. The summed E-state index contributed by atoms with van der Waals surface area (Å²) in [5, 5.41) is 0. The van der Waals surface area contributed by atoms with Gasteiger partial charge in [0.1, 0.15) is 19.7 Å². The zero-order valence-electron chi connectivity index (χ0n) is 26.8. The van der Waals surface area contributed by atoms with E-state index in [0.717, 1.165) is 22.3 Å². The van der Waals surface area contributed by atoms with Gasteiger partial charge in [0.25, 0.3) is 0 Å². The van der Waals surface area contributed by atoms with Gasteiger partial charge >= 0.3 is 0 Å². The summed E-state index contributed by atoms with van der Waals surface area (Å²) in [5.74, 6) is 0. The smallest absolute Gasteiger partial charge is 0.169 e. The van der Waals surface area contributed by atoms with Crippen LogP contribution in [0.2, 0.25) is 0 Å². The van der Waals surface area contributed by atoms with E-state index in [1.54, 1.807) is 0 Å². The predicted molar refractivity (Wildman–Crippen MR) is 169 cm³/mol. The molecule has 216 valence electrons. The van der Waals surface area contributed by atoms with Crippen LogP contribution in [0.15, 0.2) is 90.6 Å². The average molecular weight is 561 g/mol. The van der Waals surface area contributed by atoms with E-state index in [1.807, 2.05) is 0 Å². The topological polar surface area (TPSA) is 26.2 Å². The second kappa shape index (κ2) is 9.45. The number of rotatable bonds is 2. The summed E-state index contributed by atoms with van der Waals surface area (Å²) in [6.45, 7) is 17.9. The van der Waals surface area contributed by atoms with Crippen LogP contribution in [-0.2, 0) is 29.3 Å². The third-order valence-electron chi connectivity index (χ3n) is 9.38. The second-order valence-corrected chi connectivity index (χ2v) is 14.5. The maximum absolute atomic E-state index is 6.51. The first kappa shape index (κ1) is 28.5. The lowest BCUT2D eigenvalue weighted by Crippen LogP contribution is -2.55. The summed E-state index contributed by atoms with van der Waals surface area (Å²) in [7, 11) is 4.12. The number of hydrogen-bond donors (Lipinski definition) is 0. The van der Waals surface area contributed by atoms with Crippen LogP contribution >= 0.6 is 0 Å². The van der Waals surface area contributed by atoms with Crippen LogP contribution in [-0.4, -0.2) is 11.2 Å². The normalized spacial score (nSPS) is 26.0. The molecule has 3 aromatic rings. The molecule has 2 aromatic heterocycles. The van der Waals surface area contributed by atoms with Gasteiger partial charge in [-0.05, 0) is 99.2 Å². The maximum atomic E-state index is 6.51. The molecule has 2 aliphatic heterocycles. The van der Waals surface area contributed by atoms with Crippen LogP contribution in [0.1, 0.15) is 81.8 Å². The third-order valence-corrected chi connectivity index (χ3v) is 9.38. The minimum Gasteiger partial charge on any atom is -0.220 e. The highest BCUT2D eigenvalue weighted by Gasteiger charge is 2.56. The molecule has 4 heteroatoms. The van der Waals surface area contributed by atoms with E-state index < -0.39 is 11.2 Å². The van der Waals surface area contributed by atoms with Crippen LogP contribution < -0.4 is 9.13 Å². The van der Waals surface area contributed by atoms with Gasteiger partial charge in [-0.15, -0.1) is 0 Å². The maximum Gasteiger partial charge on any atom is 0.169 e. The molecule has 42 heavy (non-hydrogen) atoms. The lowest BCUT2D eigenvalue weighted by Gasteiger charge is -2.52. The largest absolute Gasteiger partial charge is 0.220 e. The Labute approximate surface area is 251 Å². The molecule has 0 saturated heterocycles. The van der Waals surface area contributed by atoms with E-state index in [2.05, 4.69) is 164 Å². The number of hydrogen-bond acceptors (Lipinski definition) is 2. The molecule has 4 nitrogen and oxygen atoms in total. The van der Waals surface area contributed by atoms with E-state index >= 15 is 0 Å². The lowest BCUT2D eigenvalue weighted by molar-refractivity contribution is -0.671. The van der Waals surface area contributed by atoms with Crippen LogP contribution in [0.5, 0.6) is 0 Å². The number of aryl methyl sites for hydroxylation is 2. The Bertz CT molecular complexity index is 1710. The minimum atomic E-state index is -0.793. The van der Waals surface area contributed by atoms with Crippen LogP contribution in [0.3, 0.4) is 0 Å². The van der Waals surface area contributed by atoms with Gasteiger partial charge in [0.15, 0.2) is 30.4 Å². The molecule has 0 fully saturated rings. The Morgan fingerprint density at radius 3 is 1.83 bits per heavy atom. The highest BCUT2D eigenvalue weighted by Crippen LogP contribution is 2.56. The number of nitrogens with zero attached hydrogens (tertiary/aromatic N) is 2. The van der Waals surface area contributed by atoms with Crippen molar-refractivity contribution in [3.8, 4) is 0 Å². The second-order valence-electron chi connectivity index (χ2n) is 14.5. The number of pyridine rings is 2. The Balaban J connectivity index is 1.77. The molecule has 7 rings (SSSR count). The SMILES string of the molecule is Cc1c2cc(C(C)(C)C)cc1/C(c1cc[n+](C)cc1)=C\C1=C[C@]3(C(C)(C)C)C=C(/C(c4cc[n+](C)cc4)=C\2)C1(C)OO3. The first-order chi connectivity index (χ1) is 19.6. The fourth-order valence-electron chi connectivity index (χ4n) is 6.19. The van der Waals surface area contributed by atoms with Crippen molar-refractivity contribution in [1.29, 1.82) is 0 Å². The van der Waals surface area contributed by atoms with Gasteiger partial charge in [-0.3, -0.25) is 0 Å². The summed E-state index contributed by atoms with van der Waals surface area (Å²) in [6, 6.07) is 13.6. The van der Waals surface area contributed by atoms with Crippen molar-refractivity contribution in [2.75, 3.05) is 0 Å². The number of fused-ring (bicyclic) bond motifs is 3. The Morgan fingerprint density at radius 2 is 1.29 bits per heavy atom. The van der Waals surface area contributed by atoms with Crippen molar-refractivity contribution in [3.63, 3.8) is 0 Å². The molecule has 0 radical (unpaired) electrons. The van der Waals surface area contributed by atoms with E-state index in [9.17, 15) is 0 Å². The number of aromatic nitrogens is 2. The van der Waals surface area contributed by atoms with Gasteiger partial charge in [-0.1, -0.05) is 53.7 Å². The molecule has 4 aliphatic rings. The summed E-state index contributed by atoms with van der Waals surface area (Å²) in [6.07, 6.45) is 17.8. The monoisotopic (exact) mass is 560 g/mol. The lowest BCUT2D eigenvalue weighted by atomic mass is 9.64. The summed E-state index contributed by atoms with van der Waals surface area (Å²) >= 11 is 0. The number of benzene rings is 1. The Hall–Kier alpha value is -3.60. The van der Waals surface area contributed by atoms with Gasteiger partial charge < -0.3 is 0 Å². The zero-order chi connectivity index (χ0) is 30.2. The van der Waals surface area contributed by atoms with Crippen molar-refractivity contribution in [2.45, 2.75) is 72.0 Å². The van der Waals surface area contributed by atoms with Crippen molar-refractivity contribution in [2.24, 2.45) is 19.5 Å². The molecule has 6 bridgehead atoms.